The molecule has 158 valence electrons. The fourth-order valence-corrected chi connectivity index (χ4v) is 2.85. The summed E-state index contributed by atoms with van der Waals surface area (Å²) in [6, 6.07) is 6.78. The lowest BCUT2D eigenvalue weighted by Gasteiger charge is -2.08. The molecule has 4 rings (SSSR count). The Labute approximate surface area is 171 Å². The lowest BCUT2D eigenvalue weighted by atomic mass is 10.2. The number of amides is 1. The topological polar surface area (TPSA) is 120 Å². The van der Waals surface area contributed by atoms with E-state index >= 15 is 0 Å². The predicted octanol–water partition coefficient (Wildman–Crippen LogP) is 3.31. The lowest BCUT2D eigenvalue weighted by Crippen LogP contribution is -2.13. The van der Waals surface area contributed by atoms with E-state index in [0.717, 1.165) is 24.3 Å². The fourth-order valence-electron chi connectivity index (χ4n) is 2.85. The summed E-state index contributed by atoms with van der Waals surface area (Å²) in [5, 5.41) is 21.8. The zero-order chi connectivity index (χ0) is 22.3. The van der Waals surface area contributed by atoms with Gasteiger partial charge in [-0.2, -0.15) is 23.4 Å². The van der Waals surface area contributed by atoms with Crippen LogP contribution in [0.15, 0.2) is 48.8 Å². The molecule has 0 aliphatic rings. The molecule has 0 bridgehead atoms. The van der Waals surface area contributed by atoms with Crippen LogP contribution in [-0.2, 0) is 13.2 Å². The van der Waals surface area contributed by atoms with Gasteiger partial charge in [-0.3, -0.25) is 19.6 Å². The smallest absolute Gasteiger partial charge is 0.321 e. The Kier molecular flexibility index (Phi) is 4.64. The monoisotopic (exact) mass is 431 g/mol. The van der Waals surface area contributed by atoms with E-state index in [1.165, 1.54) is 40.8 Å². The molecule has 1 amide bonds. The lowest BCUT2D eigenvalue weighted by molar-refractivity contribution is -0.384. The highest BCUT2D eigenvalue weighted by atomic mass is 19.4. The maximum Gasteiger partial charge on any atom is 0.416 e. The minimum atomic E-state index is -4.48. The number of carbonyl (C=O) groups is 1. The highest BCUT2D eigenvalue weighted by Gasteiger charge is 2.30. The third kappa shape index (κ3) is 3.92. The second-order valence-corrected chi connectivity index (χ2v) is 6.47. The summed E-state index contributed by atoms with van der Waals surface area (Å²) in [6.07, 6.45) is -1.76. The van der Waals surface area contributed by atoms with E-state index in [1.54, 1.807) is 0 Å². The van der Waals surface area contributed by atoms with Gasteiger partial charge in [0.05, 0.1) is 10.5 Å². The van der Waals surface area contributed by atoms with Crippen LogP contribution in [0.25, 0.3) is 17.0 Å². The van der Waals surface area contributed by atoms with Crippen LogP contribution in [0.5, 0.6) is 0 Å². The van der Waals surface area contributed by atoms with E-state index < -0.39 is 22.6 Å². The number of rotatable bonds is 4. The van der Waals surface area contributed by atoms with Crippen molar-refractivity contribution in [2.24, 2.45) is 7.05 Å². The van der Waals surface area contributed by atoms with E-state index in [0.29, 0.717) is 0 Å². The Morgan fingerprint density at radius 1 is 1.16 bits per heavy atom. The SMILES string of the molecule is Cn1cc([N+](=O)[O-])c(-c2ccn3nc(C(=O)Nc4ccc(C(F)(F)F)cc4)cc3n2)n1. The molecule has 13 heteroatoms. The molecule has 0 spiro atoms. The van der Waals surface area contributed by atoms with Crippen molar-refractivity contribution < 1.29 is 22.9 Å². The number of halogens is 3. The number of fused-ring (bicyclic) bond motifs is 1. The summed E-state index contributed by atoms with van der Waals surface area (Å²) in [4.78, 5) is 27.3. The summed E-state index contributed by atoms with van der Waals surface area (Å²) in [6.45, 7) is 0. The third-order valence-corrected chi connectivity index (χ3v) is 4.28. The van der Waals surface area contributed by atoms with Crippen LogP contribution in [0.4, 0.5) is 24.5 Å². The maximum atomic E-state index is 12.6. The summed E-state index contributed by atoms with van der Waals surface area (Å²) in [5.41, 5.74) is -0.429. The van der Waals surface area contributed by atoms with Gasteiger partial charge in [0, 0.05) is 25.0 Å². The number of nitro groups is 1. The number of anilines is 1. The predicted molar refractivity (Wildman–Crippen MR) is 101 cm³/mol. The van der Waals surface area contributed by atoms with Gasteiger partial charge in [0.25, 0.3) is 5.91 Å². The van der Waals surface area contributed by atoms with Gasteiger partial charge in [-0.05, 0) is 30.3 Å². The molecule has 0 aliphatic heterocycles. The Morgan fingerprint density at radius 3 is 2.52 bits per heavy atom. The Morgan fingerprint density at radius 2 is 1.87 bits per heavy atom. The molecule has 0 saturated carbocycles. The van der Waals surface area contributed by atoms with Crippen molar-refractivity contribution >= 4 is 22.9 Å². The molecule has 0 unspecified atom stereocenters. The molecule has 4 aromatic rings. The Hall–Kier alpha value is -4.29. The summed E-state index contributed by atoms with van der Waals surface area (Å²) < 4.78 is 40.5. The van der Waals surface area contributed by atoms with Crippen molar-refractivity contribution in [1.29, 1.82) is 0 Å². The van der Waals surface area contributed by atoms with Crippen LogP contribution in [0.3, 0.4) is 0 Å². The molecule has 0 radical (unpaired) electrons. The Bertz CT molecular complexity index is 1310. The quantitative estimate of drug-likeness (QED) is 0.391. The number of hydrogen-bond donors (Lipinski definition) is 1. The largest absolute Gasteiger partial charge is 0.416 e. The third-order valence-electron chi connectivity index (χ3n) is 4.28. The van der Waals surface area contributed by atoms with Gasteiger partial charge >= 0.3 is 11.9 Å². The Balaban J connectivity index is 1.60. The molecular formula is C18H12F3N7O3. The van der Waals surface area contributed by atoms with Crippen molar-refractivity contribution in [1.82, 2.24) is 24.4 Å². The highest BCUT2D eigenvalue weighted by molar-refractivity contribution is 6.03. The summed E-state index contributed by atoms with van der Waals surface area (Å²) in [5.74, 6) is -0.657. The van der Waals surface area contributed by atoms with Gasteiger partial charge in [-0.25, -0.2) is 9.50 Å². The molecule has 1 aromatic carbocycles. The van der Waals surface area contributed by atoms with Gasteiger partial charge in [0.1, 0.15) is 11.9 Å². The van der Waals surface area contributed by atoms with Crippen LogP contribution in [0, 0.1) is 10.1 Å². The number of alkyl halides is 3. The molecule has 0 aliphatic carbocycles. The normalized spacial score (nSPS) is 11.6. The van der Waals surface area contributed by atoms with Crippen molar-refractivity contribution in [3.8, 4) is 11.4 Å². The molecular weight excluding hydrogens is 419 g/mol. The first kappa shape index (κ1) is 20.0. The summed E-state index contributed by atoms with van der Waals surface area (Å²) in [7, 11) is 1.54. The van der Waals surface area contributed by atoms with Crippen molar-refractivity contribution in [2.75, 3.05) is 5.32 Å². The van der Waals surface area contributed by atoms with Gasteiger partial charge < -0.3 is 5.32 Å². The van der Waals surface area contributed by atoms with E-state index in [9.17, 15) is 28.1 Å². The second kappa shape index (κ2) is 7.19. The molecule has 1 N–H and O–H groups in total. The number of aryl methyl sites for hydroxylation is 1. The summed E-state index contributed by atoms with van der Waals surface area (Å²) >= 11 is 0. The van der Waals surface area contributed by atoms with Crippen molar-refractivity contribution in [3.05, 3.63) is 70.2 Å². The number of aromatic nitrogens is 5. The molecule has 0 fully saturated rings. The minimum absolute atomic E-state index is 0.0416. The molecule has 0 atom stereocenters. The first-order valence-corrected chi connectivity index (χ1v) is 8.65. The van der Waals surface area contributed by atoms with Gasteiger partial charge in [0.2, 0.25) is 0 Å². The van der Waals surface area contributed by atoms with E-state index in [4.69, 9.17) is 0 Å². The van der Waals surface area contributed by atoms with Crippen LogP contribution >= 0.6 is 0 Å². The van der Waals surface area contributed by atoms with E-state index in [1.807, 2.05) is 0 Å². The van der Waals surface area contributed by atoms with Crippen LogP contribution in [0.1, 0.15) is 16.1 Å². The van der Waals surface area contributed by atoms with Crippen LogP contribution < -0.4 is 5.32 Å². The van der Waals surface area contributed by atoms with E-state index in [2.05, 4.69) is 20.5 Å². The van der Waals surface area contributed by atoms with Gasteiger partial charge in [-0.15, -0.1) is 0 Å². The number of benzene rings is 1. The molecule has 3 heterocycles. The zero-order valence-corrected chi connectivity index (χ0v) is 15.7. The average Bonchev–Trinajstić information content (AvgIpc) is 3.30. The minimum Gasteiger partial charge on any atom is -0.321 e. The average molecular weight is 431 g/mol. The number of carbonyl (C=O) groups excluding carboxylic acids is 1. The zero-order valence-electron chi connectivity index (χ0n) is 15.7. The first-order chi connectivity index (χ1) is 14.6. The van der Waals surface area contributed by atoms with Gasteiger partial charge in [-0.1, -0.05) is 0 Å². The number of nitrogens with zero attached hydrogens (tertiary/aromatic N) is 6. The standard InChI is InChI=1S/C18H12F3N7O3/c1-26-9-14(28(30)31)16(25-26)12-6-7-27-15(23-12)8-13(24-27)17(29)22-11-4-2-10(3-5-11)18(19,20)21/h2-9H,1H3,(H,22,29). The van der Waals surface area contributed by atoms with Crippen LogP contribution in [0.2, 0.25) is 0 Å². The molecule has 31 heavy (non-hydrogen) atoms. The molecule has 10 nitrogen and oxygen atoms in total. The second-order valence-electron chi connectivity index (χ2n) is 6.47. The number of hydrogen-bond acceptors (Lipinski definition) is 6. The molecule has 0 saturated heterocycles. The van der Waals surface area contributed by atoms with E-state index in [-0.39, 0.29) is 34.1 Å². The maximum absolute atomic E-state index is 12.6. The van der Waals surface area contributed by atoms with Crippen molar-refractivity contribution in [2.45, 2.75) is 6.18 Å². The highest BCUT2D eigenvalue weighted by Crippen LogP contribution is 2.30. The fraction of sp³-hybridized carbons (Fsp3) is 0.111. The van der Waals surface area contributed by atoms with Crippen molar-refractivity contribution in [3.63, 3.8) is 0 Å². The number of nitrogens with one attached hydrogen (secondary N) is 1. The van der Waals surface area contributed by atoms with Crippen LogP contribution in [-0.4, -0.2) is 35.2 Å². The molecule has 3 aromatic heterocycles. The van der Waals surface area contributed by atoms with Gasteiger partial charge in [0.15, 0.2) is 17.0 Å². The first-order valence-electron chi connectivity index (χ1n) is 8.65.